The molecule has 1 aromatic rings. The van der Waals surface area contributed by atoms with Crippen molar-refractivity contribution >= 4 is 49.2 Å². The van der Waals surface area contributed by atoms with Gasteiger partial charge in [0.05, 0.1) is 16.7 Å². The molecule has 0 aliphatic carbocycles. The molecule has 0 fully saturated rings. The van der Waals surface area contributed by atoms with Crippen LogP contribution in [0.25, 0.3) is 0 Å². The number of hydrogen-bond acceptors (Lipinski definition) is 3. The lowest BCUT2D eigenvalue weighted by Crippen LogP contribution is -2.41. The van der Waals surface area contributed by atoms with Gasteiger partial charge in [-0.2, -0.15) is 0 Å². The van der Waals surface area contributed by atoms with Crippen LogP contribution in [-0.2, 0) is 14.8 Å². The fourth-order valence-electron chi connectivity index (χ4n) is 1.59. The number of methoxy groups -OCH3 is 1. The average Bonchev–Trinajstić information content (AvgIpc) is 2.25. The molecule has 0 heterocycles. The molecular weight excluding hydrogens is 389 g/mol. The van der Waals surface area contributed by atoms with Crippen LogP contribution >= 0.6 is 39.1 Å². The fourth-order valence-corrected chi connectivity index (χ4v) is 4.89. The predicted octanol–water partition coefficient (Wildman–Crippen LogP) is 3.71. The van der Waals surface area contributed by atoms with Crippen molar-refractivity contribution in [2.24, 2.45) is 5.92 Å². The van der Waals surface area contributed by atoms with Gasteiger partial charge in [0.25, 0.3) is 0 Å². The van der Waals surface area contributed by atoms with Crippen molar-refractivity contribution in [1.82, 2.24) is 4.72 Å². The van der Waals surface area contributed by atoms with E-state index in [-0.39, 0.29) is 33.5 Å². The lowest BCUT2D eigenvalue weighted by molar-refractivity contribution is 0.157. The predicted molar refractivity (Wildman–Crippen MR) is 85.0 cm³/mol. The lowest BCUT2D eigenvalue weighted by atomic mass is 10.1. The fraction of sp³-hybridized carbons (Fsp3) is 0.500. The SMILES string of the molecule is COCC(NS(=O)(=O)c1c(Cl)cc(Br)cc1Cl)C(C)C. The first-order valence-electron chi connectivity index (χ1n) is 5.85. The smallest absolute Gasteiger partial charge is 0.243 e. The maximum atomic E-state index is 12.4. The van der Waals surface area contributed by atoms with Crippen LogP contribution in [0, 0.1) is 5.92 Å². The van der Waals surface area contributed by atoms with Crippen molar-refractivity contribution in [2.45, 2.75) is 24.8 Å². The van der Waals surface area contributed by atoms with Crippen LogP contribution in [0.3, 0.4) is 0 Å². The highest BCUT2D eigenvalue weighted by Gasteiger charge is 2.27. The van der Waals surface area contributed by atoms with Crippen LogP contribution in [0.2, 0.25) is 10.0 Å². The van der Waals surface area contributed by atoms with Crippen molar-refractivity contribution in [3.63, 3.8) is 0 Å². The number of sulfonamides is 1. The first-order chi connectivity index (χ1) is 9.19. The topological polar surface area (TPSA) is 55.4 Å². The Bertz CT molecular complexity index is 555. The molecule has 0 saturated carbocycles. The Balaban J connectivity index is 3.17. The molecular formula is C12H16BrCl2NO3S. The summed E-state index contributed by atoms with van der Waals surface area (Å²) < 4.78 is 33.1. The summed E-state index contributed by atoms with van der Waals surface area (Å²) in [5.74, 6) is 0.0673. The minimum Gasteiger partial charge on any atom is -0.383 e. The van der Waals surface area contributed by atoms with E-state index in [0.29, 0.717) is 4.47 Å². The summed E-state index contributed by atoms with van der Waals surface area (Å²) in [5.41, 5.74) is 0. The minimum absolute atomic E-state index is 0.0665. The molecule has 0 amide bonds. The normalized spacial score (nSPS) is 13.8. The number of rotatable bonds is 6. The zero-order valence-electron chi connectivity index (χ0n) is 11.3. The minimum atomic E-state index is -3.82. The molecule has 114 valence electrons. The molecule has 0 radical (unpaired) electrons. The molecule has 0 spiro atoms. The summed E-state index contributed by atoms with van der Waals surface area (Å²) in [5, 5.41) is 0.133. The van der Waals surface area contributed by atoms with Gasteiger partial charge in [0.2, 0.25) is 10.0 Å². The van der Waals surface area contributed by atoms with E-state index in [4.69, 9.17) is 27.9 Å². The van der Waals surface area contributed by atoms with Gasteiger partial charge in [-0.25, -0.2) is 13.1 Å². The average molecular weight is 405 g/mol. The number of halogens is 3. The summed E-state index contributed by atoms with van der Waals surface area (Å²) >= 11 is 15.2. The third-order valence-electron chi connectivity index (χ3n) is 2.69. The first-order valence-corrected chi connectivity index (χ1v) is 8.88. The molecule has 0 aliphatic heterocycles. The first kappa shape index (κ1) is 18.2. The van der Waals surface area contributed by atoms with Gasteiger partial charge < -0.3 is 4.74 Å². The summed E-state index contributed by atoms with van der Waals surface area (Å²) in [6.45, 7) is 4.07. The second kappa shape index (κ2) is 7.42. The molecule has 20 heavy (non-hydrogen) atoms. The van der Waals surface area contributed by atoms with E-state index >= 15 is 0 Å². The van der Waals surface area contributed by atoms with E-state index in [2.05, 4.69) is 20.7 Å². The molecule has 0 aliphatic rings. The molecule has 0 bridgehead atoms. The summed E-state index contributed by atoms with van der Waals surface area (Å²) in [6.07, 6.45) is 0. The Kier molecular flexibility index (Phi) is 6.76. The molecule has 8 heteroatoms. The number of hydrogen-bond donors (Lipinski definition) is 1. The van der Waals surface area contributed by atoms with Crippen LogP contribution in [0.4, 0.5) is 0 Å². The molecule has 1 atom stereocenters. The Morgan fingerprint density at radius 3 is 2.20 bits per heavy atom. The van der Waals surface area contributed by atoms with Crippen LogP contribution < -0.4 is 4.72 Å². The Morgan fingerprint density at radius 1 is 1.30 bits per heavy atom. The van der Waals surface area contributed by atoms with E-state index in [1.165, 1.54) is 19.2 Å². The Labute approximate surface area is 138 Å². The standard InChI is InChI=1S/C12H16BrCl2NO3S/c1-7(2)11(6-19-3)16-20(17,18)12-9(14)4-8(13)5-10(12)15/h4-5,7,11,16H,6H2,1-3H3. The highest BCUT2D eigenvalue weighted by Crippen LogP contribution is 2.33. The zero-order valence-corrected chi connectivity index (χ0v) is 15.2. The monoisotopic (exact) mass is 403 g/mol. The van der Waals surface area contributed by atoms with E-state index in [9.17, 15) is 8.42 Å². The summed E-state index contributed by atoms with van der Waals surface area (Å²) in [4.78, 5) is -0.120. The third kappa shape index (κ3) is 4.58. The molecule has 0 saturated heterocycles. The quantitative estimate of drug-likeness (QED) is 0.786. The molecule has 0 aromatic heterocycles. The van der Waals surface area contributed by atoms with Gasteiger partial charge in [-0.3, -0.25) is 0 Å². The second-order valence-electron chi connectivity index (χ2n) is 4.63. The summed E-state index contributed by atoms with van der Waals surface area (Å²) in [6, 6.07) is 2.62. The van der Waals surface area contributed by atoms with Gasteiger partial charge in [0.15, 0.2) is 0 Å². The number of nitrogens with one attached hydrogen (secondary N) is 1. The Morgan fingerprint density at radius 2 is 1.80 bits per heavy atom. The molecule has 4 nitrogen and oxygen atoms in total. The van der Waals surface area contributed by atoms with Crippen LogP contribution in [0.5, 0.6) is 0 Å². The van der Waals surface area contributed by atoms with Gasteiger partial charge >= 0.3 is 0 Å². The maximum absolute atomic E-state index is 12.4. The van der Waals surface area contributed by atoms with Crippen molar-refractivity contribution in [3.05, 3.63) is 26.7 Å². The van der Waals surface area contributed by atoms with Crippen molar-refractivity contribution in [1.29, 1.82) is 0 Å². The van der Waals surface area contributed by atoms with E-state index in [1.54, 1.807) is 0 Å². The molecule has 1 rings (SSSR count). The Hall–Kier alpha value is 0.150. The van der Waals surface area contributed by atoms with Crippen LogP contribution in [-0.4, -0.2) is 28.2 Å². The third-order valence-corrected chi connectivity index (χ3v) is 5.56. The molecule has 1 unspecified atom stereocenters. The van der Waals surface area contributed by atoms with E-state index < -0.39 is 10.0 Å². The highest BCUT2D eigenvalue weighted by molar-refractivity contribution is 9.10. The lowest BCUT2D eigenvalue weighted by Gasteiger charge is -2.22. The van der Waals surface area contributed by atoms with E-state index in [0.717, 1.165) is 0 Å². The van der Waals surface area contributed by atoms with Crippen molar-refractivity contribution < 1.29 is 13.2 Å². The van der Waals surface area contributed by atoms with Crippen LogP contribution in [0.15, 0.2) is 21.5 Å². The highest BCUT2D eigenvalue weighted by atomic mass is 79.9. The van der Waals surface area contributed by atoms with Gasteiger partial charge in [-0.1, -0.05) is 53.0 Å². The zero-order chi connectivity index (χ0) is 15.5. The van der Waals surface area contributed by atoms with Gasteiger partial charge in [0, 0.05) is 17.6 Å². The van der Waals surface area contributed by atoms with E-state index in [1.807, 2.05) is 13.8 Å². The largest absolute Gasteiger partial charge is 0.383 e. The summed E-state index contributed by atoms with van der Waals surface area (Å²) in [7, 11) is -2.30. The van der Waals surface area contributed by atoms with Gasteiger partial charge in [-0.15, -0.1) is 0 Å². The number of ether oxygens (including phenoxy) is 1. The van der Waals surface area contributed by atoms with Gasteiger partial charge in [-0.05, 0) is 18.1 Å². The molecule has 1 aromatic carbocycles. The van der Waals surface area contributed by atoms with Crippen LogP contribution in [0.1, 0.15) is 13.8 Å². The maximum Gasteiger partial charge on any atom is 0.243 e. The second-order valence-corrected chi connectivity index (χ2v) is 8.01. The van der Waals surface area contributed by atoms with Crippen molar-refractivity contribution in [2.75, 3.05) is 13.7 Å². The molecule has 1 N–H and O–H groups in total. The van der Waals surface area contributed by atoms with Gasteiger partial charge in [0.1, 0.15) is 4.90 Å². The number of benzene rings is 1. The van der Waals surface area contributed by atoms with Crippen molar-refractivity contribution in [3.8, 4) is 0 Å².